The van der Waals surface area contributed by atoms with Gasteiger partial charge in [-0.15, -0.1) is 0 Å². The van der Waals surface area contributed by atoms with Crippen molar-refractivity contribution >= 4 is 5.95 Å². The zero-order valence-electron chi connectivity index (χ0n) is 17.9. The van der Waals surface area contributed by atoms with E-state index in [0.29, 0.717) is 11.9 Å². The summed E-state index contributed by atoms with van der Waals surface area (Å²) < 4.78 is 6.13. The summed E-state index contributed by atoms with van der Waals surface area (Å²) in [5.41, 5.74) is 2.96. The number of H-pyrrole nitrogens is 1. The highest BCUT2D eigenvalue weighted by Gasteiger charge is 2.22. The van der Waals surface area contributed by atoms with Gasteiger partial charge in [0.05, 0.1) is 5.69 Å². The minimum Gasteiger partial charge on any atom is -0.471 e. The van der Waals surface area contributed by atoms with Crippen LogP contribution in [0.25, 0.3) is 0 Å². The minimum atomic E-state index is -0.262. The van der Waals surface area contributed by atoms with Gasteiger partial charge in [-0.2, -0.15) is 0 Å². The van der Waals surface area contributed by atoms with Crippen molar-refractivity contribution in [3.63, 3.8) is 0 Å². The van der Waals surface area contributed by atoms with Crippen LogP contribution in [0.15, 0.2) is 29.1 Å². The van der Waals surface area contributed by atoms with E-state index < -0.39 is 0 Å². The van der Waals surface area contributed by atoms with E-state index in [2.05, 4.69) is 46.6 Å². The van der Waals surface area contributed by atoms with Crippen LogP contribution in [0.3, 0.4) is 0 Å². The van der Waals surface area contributed by atoms with Gasteiger partial charge in [0.15, 0.2) is 6.23 Å². The molecule has 0 bridgehead atoms. The van der Waals surface area contributed by atoms with Gasteiger partial charge in [0.1, 0.15) is 5.75 Å². The number of rotatable bonds is 10. The van der Waals surface area contributed by atoms with Gasteiger partial charge in [0, 0.05) is 18.5 Å². The van der Waals surface area contributed by atoms with E-state index in [4.69, 9.17) is 4.74 Å². The van der Waals surface area contributed by atoms with Gasteiger partial charge >= 0.3 is 0 Å². The lowest BCUT2D eigenvalue weighted by Gasteiger charge is -2.24. The summed E-state index contributed by atoms with van der Waals surface area (Å²) in [7, 11) is 0. The Morgan fingerprint density at radius 2 is 2.17 bits per heavy atom. The van der Waals surface area contributed by atoms with Crippen LogP contribution >= 0.6 is 0 Å². The largest absolute Gasteiger partial charge is 0.471 e. The van der Waals surface area contributed by atoms with Crippen molar-refractivity contribution in [2.75, 3.05) is 11.9 Å². The first-order valence-corrected chi connectivity index (χ1v) is 11.0. The molecule has 2 atom stereocenters. The summed E-state index contributed by atoms with van der Waals surface area (Å²) in [4.78, 5) is 20.2. The molecule has 1 aromatic carbocycles. The van der Waals surface area contributed by atoms with E-state index in [-0.39, 0.29) is 11.8 Å². The molecule has 2 aromatic rings. The van der Waals surface area contributed by atoms with Gasteiger partial charge in [-0.05, 0) is 55.8 Å². The number of ether oxygens (including phenoxy) is 1. The number of nitrogens with zero attached hydrogens (tertiary/aromatic N) is 1. The van der Waals surface area contributed by atoms with E-state index in [1.807, 2.05) is 19.1 Å². The molecule has 29 heavy (non-hydrogen) atoms. The molecular weight excluding hydrogens is 364 g/mol. The Morgan fingerprint density at radius 3 is 2.93 bits per heavy atom. The molecule has 2 unspecified atom stereocenters. The highest BCUT2D eigenvalue weighted by Crippen LogP contribution is 2.25. The monoisotopic (exact) mass is 398 g/mol. The Hall–Kier alpha value is -2.34. The van der Waals surface area contributed by atoms with Gasteiger partial charge in [0.2, 0.25) is 5.95 Å². The number of anilines is 1. The third-order valence-electron chi connectivity index (χ3n) is 5.56. The molecule has 0 saturated carbocycles. The van der Waals surface area contributed by atoms with Gasteiger partial charge in [0.25, 0.3) is 5.56 Å². The topological polar surface area (TPSA) is 79.0 Å². The van der Waals surface area contributed by atoms with E-state index >= 15 is 0 Å². The fraction of sp³-hybridized carbons (Fsp3) is 0.565. The molecule has 158 valence electrons. The zero-order valence-corrected chi connectivity index (χ0v) is 17.9. The normalized spacial score (nSPS) is 16.9. The van der Waals surface area contributed by atoms with Crippen LogP contribution in [0, 0.1) is 5.92 Å². The highest BCUT2D eigenvalue weighted by molar-refractivity contribution is 5.33. The zero-order chi connectivity index (χ0) is 20.6. The maximum absolute atomic E-state index is 12.6. The average Bonchev–Trinajstić information content (AvgIpc) is 2.73. The molecule has 3 rings (SSSR count). The Kier molecular flexibility index (Phi) is 7.69. The maximum atomic E-state index is 12.6. The van der Waals surface area contributed by atoms with Crippen LogP contribution in [-0.2, 0) is 19.4 Å². The predicted octanol–water partition coefficient (Wildman–Crippen LogP) is 4.01. The smallest absolute Gasteiger partial charge is 0.255 e. The summed E-state index contributed by atoms with van der Waals surface area (Å²) in [5.74, 6) is 1.90. The van der Waals surface area contributed by atoms with Gasteiger partial charge in [-0.3, -0.25) is 9.78 Å². The third-order valence-corrected chi connectivity index (χ3v) is 5.56. The third kappa shape index (κ3) is 5.82. The molecule has 0 saturated heterocycles. The maximum Gasteiger partial charge on any atom is 0.255 e. The van der Waals surface area contributed by atoms with Crippen LogP contribution < -0.4 is 20.9 Å². The molecule has 0 spiro atoms. The van der Waals surface area contributed by atoms with E-state index in [1.54, 1.807) is 0 Å². The Labute approximate surface area is 173 Å². The average molecular weight is 399 g/mol. The van der Waals surface area contributed by atoms with Gasteiger partial charge in [-0.25, -0.2) is 4.98 Å². The van der Waals surface area contributed by atoms with Gasteiger partial charge in [-0.1, -0.05) is 39.3 Å². The van der Waals surface area contributed by atoms with Crippen molar-refractivity contribution in [3.05, 3.63) is 51.4 Å². The predicted molar refractivity (Wildman–Crippen MR) is 117 cm³/mol. The summed E-state index contributed by atoms with van der Waals surface area (Å²) in [6, 6.07) is 8.12. The Bertz CT molecular complexity index is 849. The van der Waals surface area contributed by atoms with E-state index in [9.17, 15) is 4.79 Å². The number of aromatic amines is 1. The summed E-state index contributed by atoms with van der Waals surface area (Å²) in [5, 5.41) is 6.67. The molecule has 0 amide bonds. The number of benzene rings is 1. The summed E-state index contributed by atoms with van der Waals surface area (Å²) in [6.07, 6.45) is 5.52. The highest BCUT2D eigenvalue weighted by atomic mass is 16.5. The van der Waals surface area contributed by atoms with E-state index in [0.717, 1.165) is 68.6 Å². The van der Waals surface area contributed by atoms with Crippen LogP contribution in [0.2, 0.25) is 0 Å². The minimum absolute atomic E-state index is 0.0190. The van der Waals surface area contributed by atoms with Crippen molar-refractivity contribution < 1.29 is 4.74 Å². The Morgan fingerprint density at radius 1 is 1.31 bits per heavy atom. The standard InChI is InChI=1S/C23H34N4O2/c1-4-12-24-15-17-8-7-9-18(13-17)29-21(6-3)26-23-25-20-11-10-16(5-2)14-19(20)22(28)27-23/h7-9,13,16,21,24H,4-6,10-12,14-15H2,1-3H3,(H2,25,26,27,28). The first-order valence-electron chi connectivity index (χ1n) is 11.0. The van der Waals surface area contributed by atoms with Crippen LogP contribution in [-0.4, -0.2) is 22.7 Å². The number of aromatic nitrogens is 2. The second-order valence-corrected chi connectivity index (χ2v) is 7.84. The molecule has 1 heterocycles. The molecule has 1 aromatic heterocycles. The molecule has 1 aliphatic rings. The molecular formula is C23H34N4O2. The lowest BCUT2D eigenvalue weighted by molar-refractivity contribution is 0.224. The second kappa shape index (κ2) is 10.4. The molecule has 6 nitrogen and oxygen atoms in total. The molecule has 1 aliphatic carbocycles. The van der Waals surface area contributed by atoms with Gasteiger partial charge < -0.3 is 15.4 Å². The van der Waals surface area contributed by atoms with Crippen molar-refractivity contribution in [2.24, 2.45) is 5.92 Å². The molecule has 3 N–H and O–H groups in total. The lowest BCUT2D eigenvalue weighted by atomic mass is 9.86. The van der Waals surface area contributed by atoms with E-state index in [1.165, 1.54) is 5.56 Å². The number of hydrogen-bond donors (Lipinski definition) is 3. The second-order valence-electron chi connectivity index (χ2n) is 7.84. The molecule has 0 fully saturated rings. The Balaban J connectivity index is 1.67. The SMILES string of the molecule is CCCNCc1cccc(OC(CC)Nc2nc3c(c(=O)[nH]2)CC(CC)CC3)c1. The van der Waals surface area contributed by atoms with Crippen molar-refractivity contribution in [2.45, 2.75) is 72.1 Å². The quantitative estimate of drug-likeness (QED) is 0.416. The molecule has 0 radical (unpaired) electrons. The first kappa shape index (κ1) is 21.4. The number of nitrogens with one attached hydrogen (secondary N) is 3. The molecule has 6 heteroatoms. The number of fused-ring (bicyclic) bond motifs is 1. The number of hydrogen-bond acceptors (Lipinski definition) is 5. The molecule has 0 aliphatic heterocycles. The van der Waals surface area contributed by atoms with Crippen LogP contribution in [0.1, 0.15) is 63.3 Å². The summed E-state index contributed by atoms with van der Waals surface area (Å²) in [6.45, 7) is 8.22. The van der Waals surface area contributed by atoms with Crippen LogP contribution in [0.5, 0.6) is 5.75 Å². The van der Waals surface area contributed by atoms with Crippen molar-refractivity contribution in [1.29, 1.82) is 0 Å². The fourth-order valence-electron chi connectivity index (χ4n) is 3.78. The van der Waals surface area contributed by atoms with Crippen molar-refractivity contribution in [3.8, 4) is 5.75 Å². The van der Waals surface area contributed by atoms with Crippen LogP contribution in [0.4, 0.5) is 5.95 Å². The fourth-order valence-corrected chi connectivity index (χ4v) is 3.78. The lowest BCUT2D eigenvalue weighted by Crippen LogP contribution is -2.31. The number of aryl methyl sites for hydroxylation is 1. The first-order chi connectivity index (χ1) is 14.1. The van der Waals surface area contributed by atoms with Crippen molar-refractivity contribution in [1.82, 2.24) is 15.3 Å². The summed E-state index contributed by atoms with van der Waals surface area (Å²) >= 11 is 0.